The van der Waals surface area contributed by atoms with Crippen molar-refractivity contribution in [2.45, 2.75) is 124 Å². The number of primary amides is 1. The molecule has 1 amide bonds. The van der Waals surface area contributed by atoms with Crippen molar-refractivity contribution in [2.75, 3.05) is 13.1 Å². The van der Waals surface area contributed by atoms with Crippen molar-refractivity contribution in [1.82, 2.24) is 4.90 Å². The van der Waals surface area contributed by atoms with E-state index in [4.69, 9.17) is 10.5 Å². The summed E-state index contributed by atoms with van der Waals surface area (Å²) >= 11 is 0. The molecule has 4 aliphatic rings. The highest BCUT2D eigenvalue weighted by atomic mass is 16.6. The van der Waals surface area contributed by atoms with Crippen LogP contribution < -0.4 is 5.73 Å². The number of nitrogens with zero attached hydrogens (tertiary/aromatic N) is 1. The highest BCUT2D eigenvalue weighted by molar-refractivity contribution is 5.72. The van der Waals surface area contributed by atoms with Crippen LogP contribution >= 0.6 is 0 Å². The van der Waals surface area contributed by atoms with E-state index in [1.165, 1.54) is 38.8 Å². The molecule has 4 saturated carbocycles. The number of aliphatic hydroxyl groups excluding tert-OH is 1. The van der Waals surface area contributed by atoms with Gasteiger partial charge in [-0.3, -0.25) is 9.69 Å². The van der Waals surface area contributed by atoms with Crippen molar-refractivity contribution in [3.05, 3.63) is 0 Å². The predicted molar refractivity (Wildman–Crippen MR) is 153 cm³/mol. The molecule has 0 saturated heterocycles. The Morgan fingerprint density at radius 3 is 2.18 bits per heavy atom. The molecule has 5 unspecified atom stereocenters. The van der Waals surface area contributed by atoms with Crippen LogP contribution in [0.4, 0.5) is 4.79 Å². The number of rotatable bonds is 10. The van der Waals surface area contributed by atoms with E-state index in [0.717, 1.165) is 25.7 Å². The van der Waals surface area contributed by atoms with Gasteiger partial charge in [-0.25, -0.2) is 4.79 Å². The SMILES string of the molecule is CC(C)CN(CC(C)C)C1CC[C@@]2(C)C(CC[C@H]3[C@@H]4CCC(C(=O)O)[C@@]4(C(CC(C)O)OC(N)=O)CC[C@@H]32)C1. The minimum Gasteiger partial charge on any atom is -0.481 e. The Morgan fingerprint density at radius 1 is 0.949 bits per heavy atom. The monoisotopic (exact) mass is 548 g/mol. The fraction of sp³-hybridized carbons (Fsp3) is 0.938. The third-order valence-corrected chi connectivity index (χ3v) is 11.7. The Morgan fingerprint density at radius 2 is 1.62 bits per heavy atom. The van der Waals surface area contributed by atoms with Gasteiger partial charge in [-0.2, -0.15) is 0 Å². The zero-order valence-corrected chi connectivity index (χ0v) is 25.4. The molecule has 224 valence electrons. The fourth-order valence-electron chi connectivity index (χ4n) is 10.4. The lowest BCUT2D eigenvalue weighted by Gasteiger charge is -2.62. The van der Waals surface area contributed by atoms with Gasteiger partial charge in [0.15, 0.2) is 0 Å². The van der Waals surface area contributed by atoms with Gasteiger partial charge in [0.05, 0.1) is 12.0 Å². The molecule has 0 aromatic rings. The Balaban J connectivity index is 1.59. The maximum absolute atomic E-state index is 12.6. The molecular weight excluding hydrogens is 492 g/mol. The van der Waals surface area contributed by atoms with Gasteiger partial charge in [0.25, 0.3) is 0 Å². The summed E-state index contributed by atoms with van der Waals surface area (Å²) in [5.74, 6) is 1.89. The van der Waals surface area contributed by atoms with E-state index in [-0.39, 0.29) is 17.8 Å². The van der Waals surface area contributed by atoms with Crippen molar-refractivity contribution in [2.24, 2.45) is 58.0 Å². The van der Waals surface area contributed by atoms with E-state index in [1.807, 2.05) is 0 Å². The molecule has 39 heavy (non-hydrogen) atoms. The molecule has 4 rings (SSSR count). The number of nitrogens with two attached hydrogens (primary N) is 1. The van der Waals surface area contributed by atoms with Crippen molar-refractivity contribution in [3.8, 4) is 0 Å². The quantitative estimate of drug-likeness (QED) is 0.312. The second-order valence-corrected chi connectivity index (χ2v) is 15.0. The van der Waals surface area contributed by atoms with Crippen molar-refractivity contribution >= 4 is 12.1 Å². The van der Waals surface area contributed by atoms with Crippen LogP contribution in [0, 0.1) is 52.3 Å². The Bertz CT molecular complexity index is 867. The summed E-state index contributed by atoms with van der Waals surface area (Å²) in [6, 6.07) is 0.661. The third-order valence-electron chi connectivity index (χ3n) is 11.7. The van der Waals surface area contributed by atoms with Crippen LogP contribution in [0.3, 0.4) is 0 Å². The highest BCUT2D eigenvalue weighted by Gasteiger charge is 2.66. The normalized spacial score (nSPS) is 39.6. The van der Waals surface area contributed by atoms with Crippen LogP contribution in [-0.2, 0) is 9.53 Å². The van der Waals surface area contributed by atoms with Crippen LogP contribution in [0.25, 0.3) is 0 Å². The first-order valence-electron chi connectivity index (χ1n) is 15.9. The summed E-state index contributed by atoms with van der Waals surface area (Å²) in [4.78, 5) is 27.4. The smallest absolute Gasteiger partial charge is 0.404 e. The number of aliphatic carboxylic acids is 1. The first-order chi connectivity index (χ1) is 18.3. The molecule has 0 aromatic heterocycles. The van der Waals surface area contributed by atoms with Gasteiger partial charge < -0.3 is 20.7 Å². The third kappa shape index (κ3) is 5.86. The molecule has 0 bridgehead atoms. The van der Waals surface area contributed by atoms with Crippen molar-refractivity contribution < 1.29 is 24.5 Å². The van der Waals surface area contributed by atoms with Crippen LogP contribution in [0.1, 0.15) is 106 Å². The van der Waals surface area contributed by atoms with Gasteiger partial charge in [-0.15, -0.1) is 0 Å². The van der Waals surface area contributed by atoms with Gasteiger partial charge in [-0.1, -0.05) is 34.6 Å². The van der Waals surface area contributed by atoms with Crippen molar-refractivity contribution in [1.29, 1.82) is 0 Å². The van der Waals surface area contributed by atoms with E-state index in [1.54, 1.807) is 6.92 Å². The van der Waals surface area contributed by atoms with Gasteiger partial charge >= 0.3 is 12.1 Å². The summed E-state index contributed by atoms with van der Waals surface area (Å²) in [5, 5.41) is 20.7. The molecule has 7 heteroatoms. The van der Waals surface area contributed by atoms with E-state index >= 15 is 0 Å². The molecule has 0 radical (unpaired) electrons. The number of aliphatic hydroxyl groups is 1. The number of fused-ring (bicyclic) bond motifs is 5. The first kappa shape index (κ1) is 30.6. The van der Waals surface area contributed by atoms with Gasteiger partial charge in [0.2, 0.25) is 0 Å². The maximum Gasteiger partial charge on any atom is 0.404 e. The number of carboxylic acid groups (broad SMARTS) is 1. The number of carbonyl (C=O) groups excluding carboxylic acids is 1. The van der Waals surface area contributed by atoms with E-state index in [0.29, 0.717) is 42.1 Å². The average Bonchev–Trinajstić information content (AvgIpc) is 3.23. The molecule has 4 N–H and O–H groups in total. The van der Waals surface area contributed by atoms with Crippen LogP contribution in [0.5, 0.6) is 0 Å². The second-order valence-electron chi connectivity index (χ2n) is 15.0. The van der Waals surface area contributed by atoms with Gasteiger partial charge in [0.1, 0.15) is 6.10 Å². The predicted octanol–water partition coefficient (Wildman–Crippen LogP) is 5.93. The van der Waals surface area contributed by atoms with E-state index in [2.05, 4.69) is 39.5 Å². The zero-order valence-electron chi connectivity index (χ0n) is 25.4. The van der Waals surface area contributed by atoms with Gasteiger partial charge in [-0.05, 0) is 106 Å². The number of hydrogen-bond donors (Lipinski definition) is 3. The largest absolute Gasteiger partial charge is 0.481 e. The lowest BCUT2D eigenvalue weighted by atomic mass is 9.43. The maximum atomic E-state index is 12.6. The molecule has 4 aliphatic carbocycles. The molecule has 7 nitrogen and oxygen atoms in total. The molecule has 0 heterocycles. The molecule has 0 spiro atoms. The summed E-state index contributed by atoms with van der Waals surface area (Å²) in [5.41, 5.74) is 5.15. The molecule has 10 atom stereocenters. The molecule has 4 fully saturated rings. The summed E-state index contributed by atoms with van der Waals surface area (Å²) in [6.45, 7) is 15.9. The average molecular weight is 549 g/mol. The van der Waals surface area contributed by atoms with Crippen LogP contribution in [0.2, 0.25) is 0 Å². The molecule has 0 aliphatic heterocycles. The summed E-state index contributed by atoms with van der Waals surface area (Å²) in [6.07, 6.45) is 7.30. The molecular formula is C32H56N2O5. The van der Waals surface area contributed by atoms with Crippen molar-refractivity contribution in [3.63, 3.8) is 0 Å². The second kappa shape index (κ2) is 11.9. The minimum absolute atomic E-state index is 0.189. The van der Waals surface area contributed by atoms with Crippen LogP contribution in [-0.4, -0.2) is 58.5 Å². The number of carboxylic acids is 1. The Labute approximate surface area is 236 Å². The Hall–Kier alpha value is -1.34. The standard InChI is InChI=1S/C32H56N2O5/c1-19(2)17-34(18-20(3)4)23-11-13-31(6)22(16-23)7-8-24-25(31)12-14-32(26(24)9-10-27(32)29(36)37)28(15-21(5)35)39-30(33)38/h19-28,35H,7-18H2,1-6H3,(H2,33,38)(H,36,37)/t21?,22?,23?,24-,25+,26+,27?,28?,31+,32-/m1/s1. The Kier molecular flexibility index (Phi) is 9.32. The number of ether oxygens (including phenoxy) is 1. The number of carbonyl (C=O) groups is 2. The lowest BCUT2D eigenvalue weighted by molar-refractivity contribution is -0.175. The topological polar surface area (TPSA) is 113 Å². The molecule has 0 aromatic carbocycles. The number of amides is 1. The minimum atomic E-state index is -0.867. The van der Waals surface area contributed by atoms with E-state index < -0.39 is 35.6 Å². The van der Waals surface area contributed by atoms with Gasteiger partial charge in [0, 0.05) is 31.0 Å². The lowest BCUT2D eigenvalue weighted by Crippen LogP contribution is -2.59. The van der Waals surface area contributed by atoms with Crippen LogP contribution in [0.15, 0.2) is 0 Å². The summed E-state index contributed by atoms with van der Waals surface area (Å²) < 4.78 is 5.71. The first-order valence-corrected chi connectivity index (χ1v) is 15.9. The fourth-order valence-corrected chi connectivity index (χ4v) is 10.4. The number of hydrogen-bond acceptors (Lipinski definition) is 5. The summed E-state index contributed by atoms with van der Waals surface area (Å²) in [7, 11) is 0. The highest BCUT2D eigenvalue weighted by Crippen LogP contribution is 2.69. The van der Waals surface area contributed by atoms with E-state index in [9.17, 15) is 19.8 Å². The zero-order chi connectivity index (χ0) is 28.7.